The van der Waals surface area contributed by atoms with Gasteiger partial charge in [0.2, 0.25) is 29.4 Å². The number of methoxy groups -OCH3 is 3. The van der Waals surface area contributed by atoms with Crippen LogP contribution in [0.4, 0.5) is 23.1 Å². The highest BCUT2D eigenvalue weighted by atomic mass is 35.5. The molecule has 1 aromatic heterocycles. The van der Waals surface area contributed by atoms with E-state index in [1.165, 1.54) is 31.8 Å². The second-order valence-electron chi connectivity index (χ2n) is 7.38. The molecule has 0 radical (unpaired) electrons. The zero-order valence-corrected chi connectivity index (χ0v) is 21.9. The van der Waals surface area contributed by atoms with E-state index in [2.05, 4.69) is 25.9 Å². The Hall–Kier alpha value is -3.65. The van der Waals surface area contributed by atoms with Gasteiger partial charge in [0.15, 0.2) is 17.3 Å². The van der Waals surface area contributed by atoms with Gasteiger partial charge >= 0.3 is 0 Å². The number of hydrogen-bond acceptors (Lipinski definition) is 9. The third-order valence-electron chi connectivity index (χ3n) is 5.09. The van der Waals surface area contributed by atoms with E-state index < -0.39 is 11.3 Å². The molecule has 12 nitrogen and oxygen atoms in total. The minimum absolute atomic E-state index is 0.131. The summed E-state index contributed by atoms with van der Waals surface area (Å²) < 4.78 is 38.9. The molecule has 4 N–H and O–H groups in total. The zero-order valence-electron chi connectivity index (χ0n) is 20.4. The van der Waals surface area contributed by atoms with Crippen molar-refractivity contribution in [1.29, 1.82) is 0 Å². The van der Waals surface area contributed by atoms with Crippen LogP contribution >= 0.6 is 11.6 Å². The molecule has 14 heteroatoms. The van der Waals surface area contributed by atoms with Gasteiger partial charge in [-0.3, -0.25) is 9.35 Å². The number of amides is 1. The molecule has 1 amide bonds. The van der Waals surface area contributed by atoms with E-state index in [1.54, 1.807) is 24.3 Å². The third-order valence-corrected chi connectivity index (χ3v) is 6.12. The molecule has 0 aliphatic rings. The number of ether oxygens (including phenoxy) is 3. The molecule has 2 aromatic carbocycles. The summed E-state index contributed by atoms with van der Waals surface area (Å²) in [5, 5.41) is 9.01. The second kappa shape index (κ2) is 13.6. The molecule has 1 unspecified atom stereocenters. The summed E-state index contributed by atoms with van der Waals surface area (Å²) in [4.78, 5) is 19.2. The fourth-order valence-electron chi connectivity index (χ4n) is 3.36. The van der Waals surface area contributed by atoms with Gasteiger partial charge in [-0.15, -0.1) is 0 Å². The molecular formula is C23H27ClN6O6S. The maximum Gasteiger partial charge on any atom is 0.234 e. The molecule has 3 rings (SSSR count). The highest BCUT2D eigenvalue weighted by Gasteiger charge is 2.17. The number of para-hydroxylation sites is 1. The van der Waals surface area contributed by atoms with Crippen molar-refractivity contribution < 1.29 is 27.8 Å². The number of nitrogens with zero attached hydrogens (tertiary/aromatic N) is 3. The predicted molar refractivity (Wildman–Crippen MR) is 141 cm³/mol. The van der Waals surface area contributed by atoms with Gasteiger partial charge in [-0.05, 0) is 11.6 Å². The minimum atomic E-state index is -2.24. The van der Waals surface area contributed by atoms with E-state index in [4.69, 9.17) is 25.8 Å². The normalized spacial score (nSPS) is 11.5. The Labute approximate surface area is 221 Å². The number of hydrogen-bond donors (Lipinski definition) is 4. The number of carbonyl (C=O) groups is 1. The van der Waals surface area contributed by atoms with Crippen LogP contribution in [0, 0.1) is 0 Å². The first-order chi connectivity index (χ1) is 17.9. The molecule has 0 spiro atoms. The van der Waals surface area contributed by atoms with Crippen LogP contribution in [-0.2, 0) is 22.6 Å². The smallest absolute Gasteiger partial charge is 0.234 e. The van der Waals surface area contributed by atoms with Gasteiger partial charge in [-0.25, -0.2) is 9.19 Å². The number of halogens is 1. The van der Waals surface area contributed by atoms with Gasteiger partial charge < -0.3 is 30.2 Å². The third kappa shape index (κ3) is 7.43. The predicted octanol–water partition coefficient (Wildman–Crippen LogP) is 3.33. The molecule has 1 heterocycles. The van der Waals surface area contributed by atoms with E-state index in [1.807, 2.05) is 12.1 Å². The lowest BCUT2D eigenvalue weighted by Crippen LogP contribution is -2.32. The summed E-state index contributed by atoms with van der Waals surface area (Å²) in [5.74, 6) is 1.93. The van der Waals surface area contributed by atoms with Crippen LogP contribution in [0.5, 0.6) is 17.2 Å². The van der Waals surface area contributed by atoms with Crippen LogP contribution < -0.4 is 30.2 Å². The van der Waals surface area contributed by atoms with Gasteiger partial charge in [0.25, 0.3) is 0 Å². The van der Waals surface area contributed by atoms with Gasteiger partial charge in [0.05, 0.1) is 27.5 Å². The van der Waals surface area contributed by atoms with Gasteiger partial charge in [-0.2, -0.15) is 9.29 Å². The Bertz CT molecular complexity index is 1230. The maximum atomic E-state index is 11.8. The lowest BCUT2D eigenvalue weighted by molar-refractivity contribution is -0.109. The summed E-state index contributed by atoms with van der Waals surface area (Å²) in [5.41, 5.74) is 1.93. The fraction of sp³-hybridized carbons (Fsp3) is 0.261. The molecule has 37 heavy (non-hydrogen) atoms. The van der Waals surface area contributed by atoms with E-state index >= 15 is 0 Å². The second-order valence-corrected chi connectivity index (χ2v) is 8.76. The first-order valence-electron chi connectivity index (χ1n) is 10.9. The van der Waals surface area contributed by atoms with Crippen molar-refractivity contribution in [3.05, 3.63) is 53.2 Å². The number of carbonyl (C=O) groups excluding carboxylic acids is 1. The molecule has 0 aliphatic carbocycles. The minimum Gasteiger partial charge on any atom is -0.493 e. The molecule has 198 valence electrons. The average molecular weight is 551 g/mol. The fourth-order valence-corrected chi connectivity index (χ4v) is 3.99. The van der Waals surface area contributed by atoms with Crippen LogP contribution in [-0.4, -0.2) is 63.9 Å². The summed E-state index contributed by atoms with van der Waals surface area (Å²) in [6.07, 6.45) is 1.98. The number of nitrogens with one attached hydrogen (secondary N) is 3. The quantitative estimate of drug-likeness (QED) is 0.134. The SMILES string of the molecule is COc1cc(Nc2ncc(Cl)c(Nc3ccccc3CN(CCNC=O)S(=O)O)n2)cc(OC)c1OC. The Morgan fingerprint density at radius 2 is 1.81 bits per heavy atom. The van der Waals surface area contributed by atoms with Gasteiger partial charge in [-0.1, -0.05) is 29.8 Å². The van der Waals surface area contributed by atoms with Crippen molar-refractivity contribution in [3.8, 4) is 17.2 Å². The molecule has 0 aliphatic heterocycles. The van der Waals surface area contributed by atoms with E-state index in [0.717, 1.165) is 0 Å². The lowest BCUT2D eigenvalue weighted by atomic mass is 10.1. The molecule has 0 fully saturated rings. The Morgan fingerprint density at radius 3 is 2.43 bits per heavy atom. The Balaban J connectivity index is 1.85. The van der Waals surface area contributed by atoms with E-state index in [0.29, 0.717) is 46.4 Å². The Morgan fingerprint density at radius 1 is 1.11 bits per heavy atom. The van der Waals surface area contributed by atoms with Crippen LogP contribution in [0.2, 0.25) is 5.02 Å². The molecular weight excluding hydrogens is 524 g/mol. The first-order valence-corrected chi connectivity index (χ1v) is 12.3. The van der Waals surface area contributed by atoms with Crippen molar-refractivity contribution >= 4 is 52.4 Å². The molecule has 0 bridgehead atoms. The summed E-state index contributed by atoms with van der Waals surface area (Å²) >= 11 is 4.12. The summed E-state index contributed by atoms with van der Waals surface area (Å²) in [6, 6.07) is 10.6. The van der Waals surface area contributed by atoms with Gasteiger partial charge in [0.1, 0.15) is 5.02 Å². The van der Waals surface area contributed by atoms with Crippen molar-refractivity contribution in [2.75, 3.05) is 45.1 Å². The first kappa shape index (κ1) is 27.9. The van der Waals surface area contributed by atoms with Crippen molar-refractivity contribution in [2.45, 2.75) is 6.54 Å². The number of rotatable bonds is 14. The average Bonchev–Trinajstić information content (AvgIpc) is 2.90. The van der Waals surface area contributed by atoms with E-state index in [-0.39, 0.29) is 30.6 Å². The van der Waals surface area contributed by atoms with Crippen LogP contribution in [0.25, 0.3) is 0 Å². The molecule has 3 aromatic rings. The number of anilines is 4. The van der Waals surface area contributed by atoms with Crippen molar-refractivity contribution in [1.82, 2.24) is 19.6 Å². The summed E-state index contributed by atoms with van der Waals surface area (Å²) in [7, 11) is 4.56. The standard InChI is InChI=1S/C23H27ClN6O6S/c1-34-19-10-16(11-20(35-2)21(19)36-3)27-23-26-12-17(24)22(29-23)28-18-7-5-4-6-15(18)13-30(37(32)33)9-8-25-14-31/h4-7,10-12,14H,8-9,13H2,1-3H3,(H,25,31)(H,32,33)(H2,26,27,28,29). The molecule has 0 saturated carbocycles. The molecule has 0 saturated heterocycles. The zero-order chi connectivity index (χ0) is 26.8. The topological polar surface area (TPSA) is 147 Å². The van der Waals surface area contributed by atoms with Crippen molar-refractivity contribution in [2.24, 2.45) is 0 Å². The largest absolute Gasteiger partial charge is 0.493 e. The number of aromatic nitrogens is 2. The lowest BCUT2D eigenvalue weighted by Gasteiger charge is -2.20. The van der Waals surface area contributed by atoms with Crippen LogP contribution in [0.15, 0.2) is 42.6 Å². The Kier molecular flexibility index (Phi) is 10.3. The number of benzene rings is 2. The molecule has 1 atom stereocenters. The summed E-state index contributed by atoms with van der Waals surface area (Å²) in [6.45, 7) is 0.526. The highest BCUT2D eigenvalue weighted by Crippen LogP contribution is 2.40. The van der Waals surface area contributed by atoms with Crippen molar-refractivity contribution in [3.63, 3.8) is 0 Å². The maximum absolute atomic E-state index is 11.8. The van der Waals surface area contributed by atoms with E-state index in [9.17, 15) is 13.6 Å². The van der Waals surface area contributed by atoms with Crippen LogP contribution in [0.1, 0.15) is 5.56 Å². The highest BCUT2D eigenvalue weighted by molar-refractivity contribution is 7.76. The van der Waals surface area contributed by atoms with Crippen LogP contribution in [0.3, 0.4) is 0 Å². The van der Waals surface area contributed by atoms with Gasteiger partial charge in [0, 0.05) is 43.1 Å². The monoisotopic (exact) mass is 550 g/mol.